The molecule has 9 heteroatoms. The smallest absolute Gasteiger partial charge is 0.321 e. The maximum absolute atomic E-state index is 11.4. The minimum Gasteiger partial charge on any atom is -0.383 e. The molecule has 0 aliphatic carbocycles. The summed E-state index contributed by atoms with van der Waals surface area (Å²) in [6.45, 7) is 0.458. The first-order valence-corrected chi connectivity index (χ1v) is 5.07. The van der Waals surface area contributed by atoms with Crippen LogP contribution in [0.3, 0.4) is 0 Å². The first-order chi connectivity index (χ1) is 8.65. The van der Waals surface area contributed by atoms with Crippen molar-refractivity contribution in [3.63, 3.8) is 0 Å². The minimum absolute atomic E-state index is 0.118. The van der Waals surface area contributed by atoms with Gasteiger partial charge in [-0.15, -0.1) is 5.10 Å². The number of aromatic nitrogens is 3. The van der Waals surface area contributed by atoms with Gasteiger partial charge in [-0.05, 0) is 0 Å². The zero-order valence-electron chi connectivity index (χ0n) is 9.75. The second-order valence-electron chi connectivity index (χ2n) is 3.26. The number of hydrogen-bond donors (Lipinski definition) is 2. The van der Waals surface area contributed by atoms with Gasteiger partial charge in [0, 0.05) is 13.7 Å². The van der Waals surface area contributed by atoms with E-state index in [1.807, 2.05) is 0 Å². The fourth-order valence-corrected chi connectivity index (χ4v) is 1.07. The molecule has 0 aromatic carbocycles. The van der Waals surface area contributed by atoms with Gasteiger partial charge in [0.2, 0.25) is 5.91 Å². The average molecular weight is 255 g/mol. The van der Waals surface area contributed by atoms with Gasteiger partial charge in [-0.3, -0.25) is 14.9 Å². The first-order valence-electron chi connectivity index (χ1n) is 5.07. The summed E-state index contributed by atoms with van der Waals surface area (Å²) < 4.78 is 5.88. The number of ether oxygens (including phenoxy) is 1. The Morgan fingerprint density at radius 1 is 1.56 bits per heavy atom. The predicted octanol–water partition coefficient (Wildman–Crippen LogP) is -1.44. The summed E-state index contributed by atoms with van der Waals surface area (Å²) in [7, 11) is 1.50. The van der Waals surface area contributed by atoms with Crippen LogP contribution in [0.15, 0.2) is 6.20 Å². The Bertz CT molecular complexity index is 430. The third kappa shape index (κ3) is 4.70. The molecule has 1 heterocycles. The first kappa shape index (κ1) is 13.8. The van der Waals surface area contributed by atoms with Gasteiger partial charge in [-0.1, -0.05) is 5.21 Å². The lowest BCUT2D eigenvalue weighted by Gasteiger charge is -2.05. The molecule has 2 N–H and O–H groups in total. The van der Waals surface area contributed by atoms with E-state index in [2.05, 4.69) is 20.9 Å². The Morgan fingerprint density at radius 2 is 2.33 bits per heavy atom. The molecule has 0 unspecified atom stereocenters. The summed E-state index contributed by atoms with van der Waals surface area (Å²) in [5.41, 5.74) is 0.118. The van der Waals surface area contributed by atoms with E-state index in [0.717, 1.165) is 4.68 Å². The molecule has 18 heavy (non-hydrogen) atoms. The van der Waals surface area contributed by atoms with Gasteiger partial charge < -0.3 is 10.1 Å². The predicted molar refractivity (Wildman–Crippen MR) is 58.8 cm³/mol. The molecule has 0 radical (unpaired) electrons. The van der Waals surface area contributed by atoms with E-state index < -0.39 is 11.9 Å². The van der Waals surface area contributed by atoms with Crippen molar-refractivity contribution in [3.05, 3.63) is 11.9 Å². The third-order valence-corrected chi connectivity index (χ3v) is 1.83. The summed E-state index contributed by atoms with van der Waals surface area (Å²) >= 11 is 0. The zero-order valence-corrected chi connectivity index (χ0v) is 9.75. The maximum atomic E-state index is 11.4. The molecule has 0 saturated heterocycles. The second-order valence-corrected chi connectivity index (χ2v) is 3.26. The van der Waals surface area contributed by atoms with Crippen molar-refractivity contribution < 1.29 is 19.1 Å². The summed E-state index contributed by atoms with van der Waals surface area (Å²) in [5, 5.41) is 11.5. The molecule has 0 bridgehead atoms. The highest BCUT2D eigenvalue weighted by Crippen LogP contribution is 1.88. The Morgan fingerprint density at radius 3 is 2.94 bits per heavy atom. The van der Waals surface area contributed by atoms with Gasteiger partial charge in [0.15, 0.2) is 6.29 Å². The summed E-state index contributed by atoms with van der Waals surface area (Å²) in [4.78, 5) is 32.9. The van der Waals surface area contributed by atoms with E-state index >= 15 is 0 Å². The van der Waals surface area contributed by atoms with E-state index in [1.54, 1.807) is 0 Å². The Hall–Kier alpha value is -2.29. The van der Waals surface area contributed by atoms with Crippen LogP contribution in [-0.4, -0.2) is 53.5 Å². The quantitative estimate of drug-likeness (QED) is 0.475. The van der Waals surface area contributed by atoms with Gasteiger partial charge >= 0.3 is 6.03 Å². The largest absolute Gasteiger partial charge is 0.383 e. The van der Waals surface area contributed by atoms with Crippen LogP contribution in [0.2, 0.25) is 0 Å². The molecular formula is C9H13N5O4. The highest BCUT2D eigenvalue weighted by molar-refractivity contribution is 5.94. The van der Waals surface area contributed by atoms with Gasteiger partial charge in [0.25, 0.3) is 0 Å². The molecule has 1 aromatic rings. The number of hydrogen-bond acceptors (Lipinski definition) is 6. The Kier molecular flexibility index (Phi) is 5.45. The van der Waals surface area contributed by atoms with Crippen molar-refractivity contribution in [1.82, 2.24) is 25.6 Å². The molecule has 0 spiro atoms. The van der Waals surface area contributed by atoms with Crippen molar-refractivity contribution >= 4 is 18.2 Å². The lowest BCUT2D eigenvalue weighted by Crippen LogP contribution is -2.42. The molecule has 0 aliphatic heterocycles. The van der Waals surface area contributed by atoms with E-state index in [1.165, 1.54) is 13.3 Å². The van der Waals surface area contributed by atoms with Gasteiger partial charge in [-0.25, -0.2) is 9.48 Å². The molecule has 1 aromatic heterocycles. The van der Waals surface area contributed by atoms with Crippen LogP contribution >= 0.6 is 0 Å². The number of nitrogens with one attached hydrogen (secondary N) is 2. The number of carbonyl (C=O) groups excluding carboxylic acids is 3. The molecule has 3 amide bonds. The molecule has 0 atom stereocenters. The fraction of sp³-hybridized carbons (Fsp3) is 0.444. The number of methoxy groups -OCH3 is 1. The van der Waals surface area contributed by atoms with Crippen molar-refractivity contribution in [3.8, 4) is 0 Å². The highest BCUT2D eigenvalue weighted by Gasteiger charge is 2.09. The highest BCUT2D eigenvalue weighted by atomic mass is 16.5. The van der Waals surface area contributed by atoms with Crippen LogP contribution in [0.25, 0.3) is 0 Å². The topological polar surface area (TPSA) is 115 Å². The van der Waals surface area contributed by atoms with Crippen LogP contribution in [0.1, 0.15) is 10.5 Å². The molecule has 1 rings (SSSR count). The van der Waals surface area contributed by atoms with Crippen molar-refractivity contribution in [2.45, 2.75) is 6.54 Å². The van der Waals surface area contributed by atoms with Gasteiger partial charge in [-0.2, -0.15) is 0 Å². The van der Waals surface area contributed by atoms with E-state index in [4.69, 9.17) is 4.74 Å². The molecule has 98 valence electrons. The van der Waals surface area contributed by atoms with Crippen LogP contribution in [0.4, 0.5) is 4.79 Å². The molecular weight excluding hydrogens is 242 g/mol. The Balaban J connectivity index is 2.32. The minimum atomic E-state index is -0.618. The number of amides is 3. The van der Waals surface area contributed by atoms with Gasteiger partial charge in [0.1, 0.15) is 12.2 Å². The van der Waals surface area contributed by atoms with Crippen molar-refractivity contribution in [2.75, 3.05) is 20.3 Å². The normalized spacial score (nSPS) is 9.83. The fourth-order valence-electron chi connectivity index (χ4n) is 1.07. The number of rotatable bonds is 6. The van der Waals surface area contributed by atoms with Crippen LogP contribution in [0.5, 0.6) is 0 Å². The number of imide groups is 1. The van der Waals surface area contributed by atoms with E-state index in [9.17, 15) is 14.4 Å². The van der Waals surface area contributed by atoms with E-state index in [0.29, 0.717) is 19.4 Å². The number of carbonyl (C=O) groups is 3. The SMILES string of the molecule is COCCNC(=O)NC(=O)Cn1cc(C=O)nn1. The monoisotopic (exact) mass is 255 g/mol. The molecule has 0 fully saturated rings. The molecule has 9 nitrogen and oxygen atoms in total. The van der Waals surface area contributed by atoms with Crippen LogP contribution in [0, 0.1) is 0 Å². The average Bonchev–Trinajstić information content (AvgIpc) is 2.76. The lowest BCUT2D eigenvalue weighted by molar-refractivity contribution is -0.120. The number of urea groups is 1. The molecule has 0 aliphatic rings. The standard InChI is InChI=1S/C9H13N5O4/c1-18-3-2-10-9(17)11-8(16)5-14-4-7(6-15)12-13-14/h4,6H,2-3,5H2,1H3,(H2,10,11,16,17). The number of aldehydes is 1. The zero-order chi connectivity index (χ0) is 13.4. The van der Waals surface area contributed by atoms with Crippen LogP contribution in [-0.2, 0) is 16.1 Å². The van der Waals surface area contributed by atoms with Crippen LogP contribution < -0.4 is 10.6 Å². The second kappa shape index (κ2) is 7.12. The lowest BCUT2D eigenvalue weighted by atomic mass is 10.5. The number of nitrogens with zero attached hydrogens (tertiary/aromatic N) is 3. The summed E-state index contributed by atoms with van der Waals surface area (Å²) in [6.07, 6.45) is 1.81. The summed E-state index contributed by atoms with van der Waals surface area (Å²) in [6, 6.07) is -0.618. The van der Waals surface area contributed by atoms with Crippen molar-refractivity contribution in [2.24, 2.45) is 0 Å². The third-order valence-electron chi connectivity index (χ3n) is 1.83. The van der Waals surface area contributed by atoms with Crippen molar-refractivity contribution in [1.29, 1.82) is 0 Å². The summed E-state index contributed by atoms with van der Waals surface area (Å²) in [5.74, 6) is -0.563. The van der Waals surface area contributed by atoms with E-state index in [-0.39, 0.29) is 12.2 Å². The Labute approximate surface area is 102 Å². The van der Waals surface area contributed by atoms with Gasteiger partial charge in [0.05, 0.1) is 12.8 Å². The molecule has 0 saturated carbocycles. The maximum Gasteiger partial charge on any atom is 0.321 e.